The number of hydrogen-bond donors (Lipinski definition) is 1. The summed E-state index contributed by atoms with van der Waals surface area (Å²) >= 11 is 0. The van der Waals surface area contributed by atoms with Gasteiger partial charge in [0.15, 0.2) is 5.82 Å². The van der Waals surface area contributed by atoms with Crippen LogP contribution in [0, 0.1) is 11.7 Å². The van der Waals surface area contributed by atoms with Gasteiger partial charge in [-0.25, -0.2) is 4.39 Å². The fraction of sp³-hybridized carbons (Fsp3) is 0.444. The standard InChI is InChI=1S/C18H19FN4O3/c19-13-5-2-6-14(8-13)23-10-12(7-16(23)24)17(25)20-9-15-21-18(26-22-15)11-3-1-4-11/h2,5-6,8,11-12H,1,3-4,7,9-10H2,(H,20,25). The Morgan fingerprint density at radius 2 is 2.23 bits per heavy atom. The van der Waals surface area contributed by atoms with E-state index in [4.69, 9.17) is 4.52 Å². The van der Waals surface area contributed by atoms with Crippen molar-refractivity contribution in [3.05, 3.63) is 41.8 Å². The summed E-state index contributed by atoms with van der Waals surface area (Å²) in [6.45, 7) is 0.396. The summed E-state index contributed by atoms with van der Waals surface area (Å²) in [5.74, 6) is 0.0841. The number of anilines is 1. The lowest BCUT2D eigenvalue weighted by molar-refractivity contribution is -0.126. The lowest BCUT2D eigenvalue weighted by Gasteiger charge is -2.20. The van der Waals surface area contributed by atoms with Gasteiger partial charge in [0.1, 0.15) is 5.82 Å². The minimum Gasteiger partial charge on any atom is -0.348 e. The van der Waals surface area contributed by atoms with Crippen LogP contribution in [-0.2, 0) is 16.1 Å². The van der Waals surface area contributed by atoms with Crippen molar-refractivity contribution in [3.8, 4) is 0 Å². The number of carbonyl (C=O) groups excluding carboxylic acids is 2. The molecule has 1 saturated carbocycles. The maximum atomic E-state index is 13.4. The van der Waals surface area contributed by atoms with E-state index in [1.807, 2.05) is 0 Å². The van der Waals surface area contributed by atoms with Crippen molar-refractivity contribution in [2.45, 2.75) is 38.1 Å². The van der Waals surface area contributed by atoms with E-state index >= 15 is 0 Å². The summed E-state index contributed by atoms with van der Waals surface area (Å²) in [4.78, 5) is 30.3. The van der Waals surface area contributed by atoms with Crippen LogP contribution in [0.5, 0.6) is 0 Å². The maximum absolute atomic E-state index is 13.4. The molecule has 2 aromatic rings. The molecule has 0 bridgehead atoms. The molecule has 1 aromatic carbocycles. The Morgan fingerprint density at radius 1 is 1.38 bits per heavy atom. The predicted molar refractivity (Wildman–Crippen MR) is 89.6 cm³/mol. The van der Waals surface area contributed by atoms with E-state index in [0.717, 1.165) is 12.8 Å². The van der Waals surface area contributed by atoms with Gasteiger partial charge in [-0.05, 0) is 31.0 Å². The van der Waals surface area contributed by atoms with Crippen LogP contribution in [0.4, 0.5) is 10.1 Å². The van der Waals surface area contributed by atoms with Crippen molar-refractivity contribution in [2.75, 3.05) is 11.4 Å². The zero-order chi connectivity index (χ0) is 18.1. The molecule has 0 spiro atoms. The minimum absolute atomic E-state index is 0.0991. The topological polar surface area (TPSA) is 88.3 Å². The molecule has 1 N–H and O–H groups in total. The molecule has 7 nitrogen and oxygen atoms in total. The average molecular weight is 358 g/mol. The molecule has 4 rings (SSSR count). The number of nitrogens with one attached hydrogen (secondary N) is 1. The van der Waals surface area contributed by atoms with Gasteiger partial charge in [-0.3, -0.25) is 9.59 Å². The van der Waals surface area contributed by atoms with E-state index in [2.05, 4.69) is 15.5 Å². The van der Waals surface area contributed by atoms with Gasteiger partial charge < -0.3 is 14.7 Å². The summed E-state index contributed by atoms with van der Waals surface area (Å²) in [7, 11) is 0. The van der Waals surface area contributed by atoms with Crippen LogP contribution in [0.2, 0.25) is 0 Å². The number of amides is 2. The molecule has 2 amide bonds. The molecule has 8 heteroatoms. The summed E-state index contributed by atoms with van der Waals surface area (Å²) < 4.78 is 18.6. The van der Waals surface area contributed by atoms with E-state index in [9.17, 15) is 14.0 Å². The smallest absolute Gasteiger partial charge is 0.229 e. The quantitative estimate of drug-likeness (QED) is 0.885. The number of benzene rings is 1. The molecule has 2 aliphatic rings. The second kappa shape index (κ2) is 6.86. The SMILES string of the molecule is O=C(NCc1noc(C2CCC2)n1)C1CC(=O)N(c2cccc(F)c2)C1. The van der Waals surface area contributed by atoms with E-state index in [1.165, 1.54) is 23.5 Å². The van der Waals surface area contributed by atoms with E-state index in [1.54, 1.807) is 12.1 Å². The zero-order valence-electron chi connectivity index (χ0n) is 14.2. The summed E-state index contributed by atoms with van der Waals surface area (Å²) in [6.07, 6.45) is 3.40. The van der Waals surface area contributed by atoms with Crippen molar-refractivity contribution in [1.82, 2.24) is 15.5 Å². The Kier molecular flexibility index (Phi) is 4.40. The van der Waals surface area contributed by atoms with Gasteiger partial charge in [0.2, 0.25) is 17.7 Å². The van der Waals surface area contributed by atoms with Crippen molar-refractivity contribution < 1.29 is 18.5 Å². The summed E-state index contributed by atoms with van der Waals surface area (Å²) in [5, 5.41) is 6.64. The predicted octanol–water partition coefficient (Wildman–Crippen LogP) is 2.15. The molecule has 1 aliphatic carbocycles. The lowest BCUT2D eigenvalue weighted by Crippen LogP contribution is -2.32. The van der Waals surface area contributed by atoms with Gasteiger partial charge in [-0.1, -0.05) is 17.6 Å². The highest BCUT2D eigenvalue weighted by Crippen LogP contribution is 2.35. The van der Waals surface area contributed by atoms with Crippen LogP contribution in [0.15, 0.2) is 28.8 Å². The highest BCUT2D eigenvalue weighted by atomic mass is 19.1. The van der Waals surface area contributed by atoms with Crippen LogP contribution in [0.25, 0.3) is 0 Å². The number of halogens is 1. The van der Waals surface area contributed by atoms with Gasteiger partial charge >= 0.3 is 0 Å². The molecule has 1 saturated heterocycles. The second-order valence-corrected chi connectivity index (χ2v) is 6.78. The van der Waals surface area contributed by atoms with Crippen molar-refractivity contribution in [3.63, 3.8) is 0 Å². The van der Waals surface area contributed by atoms with Crippen LogP contribution in [-0.4, -0.2) is 28.5 Å². The Bertz CT molecular complexity index is 833. The third kappa shape index (κ3) is 3.31. The summed E-state index contributed by atoms with van der Waals surface area (Å²) in [5.41, 5.74) is 0.466. The number of carbonyl (C=O) groups is 2. The first-order valence-electron chi connectivity index (χ1n) is 8.76. The monoisotopic (exact) mass is 358 g/mol. The number of rotatable bonds is 5. The first-order valence-corrected chi connectivity index (χ1v) is 8.76. The molecular weight excluding hydrogens is 339 g/mol. The molecular formula is C18H19FN4O3. The fourth-order valence-electron chi connectivity index (χ4n) is 3.25. The molecule has 0 radical (unpaired) electrons. The minimum atomic E-state index is -0.483. The van der Waals surface area contributed by atoms with E-state index in [0.29, 0.717) is 23.3 Å². The number of hydrogen-bond acceptors (Lipinski definition) is 5. The van der Waals surface area contributed by atoms with Crippen LogP contribution in [0.3, 0.4) is 0 Å². The van der Waals surface area contributed by atoms with Gasteiger partial charge in [0.25, 0.3) is 0 Å². The van der Waals surface area contributed by atoms with Crippen LogP contribution < -0.4 is 10.2 Å². The molecule has 136 valence electrons. The first-order chi connectivity index (χ1) is 12.6. The Balaban J connectivity index is 1.33. The zero-order valence-corrected chi connectivity index (χ0v) is 14.2. The molecule has 2 fully saturated rings. The largest absolute Gasteiger partial charge is 0.348 e. The van der Waals surface area contributed by atoms with Gasteiger partial charge in [0, 0.05) is 24.6 Å². The fourth-order valence-corrected chi connectivity index (χ4v) is 3.25. The Morgan fingerprint density at radius 3 is 2.96 bits per heavy atom. The second-order valence-electron chi connectivity index (χ2n) is 6.78. The van der Waals surface area contributed by atoms with Crippen molar-refractivity contribution >= 4 is 17.5 Å². The van der Waals surface area contributed by atoms with Crippen LogP contribution >= 0.6 is 0 Å². The van der Waals surface area contributed by atoms with E-state index in [-0.39, 0.29) is 31.3 Å². The first kappa shape index (κ1) is 16.7. The average Bonchev–Trinajstić information content (AvgIpc) is 3.18. The molecule has 26 heavy (non-hydrogen) atoms. The molecule has 1 aliphatic heterocycles. The van der Waals surface area contributed by atoms with Crippen LogP contribution in [0.1, 0.15) is 43.3 Å². The normalized spacial score (nSPS) is 20.3. The molecule has 1 atom stereocenters. The Labute approximate surface area is 149 Å². The highest BCUT2D eigenvalue weighted by molar-refractivity contribution is 6.00. The van der Waals surface area contributed by atoms with Gasteiger partial charge in [-0.2, -0.15) is 4.98 Å². The Hall–Kier alpha value is -2.77. The third-order valence-corrected chi connectivity index (χ3v) is 4.97. The van der Waals surface area contributed by atoms with Gasteiger partial charge in [-0.15, -0.1) is 0 Å². The highest BCUT2D eigenvalue weighted by Gasteiger charge is 2.35. The molecule has 1 aromatic heterocycles. The maximum Gasteiger partial charge on any atom is 0.229 e. The van der Waals surface area contributed by atoms with Crippen molar-refractivity contribution in [2.24, 2.45) is 5.92 Å². The van der Waals surface area contributed by atoms with Gasteiger partial charge in [0.05, 0.1) is 12.5 Å². The van der Waals surface area contributed by atoms with Crippen molar-refractivity contribution in [1.29, 1.82) is 0 Å². The lowest BCUT2D eigenvalue weighted by atomic mass is 9.85. The summed E-state index contributed by atoms with van der Waals surface area (Å²) in [6, 6.07) is 5.81. The molecule has 2 heterocycles. The number of nitrogens with zero attached hydrogens (tertiary/aromatic N) is 3. The third-order valence-electron chi connectivity index (χ3n) is 4.97. The van der Waals surface area contributed by atoms with E-state index < -0.39 is 11.7 Å². The number of aromatic nitrogens is 2. The molecule has 1 unspecified atom stereocenters.